The molecule has 1 amide bonds. The first-order chi connectivity index (χ1) is 9.15. The molecule has 0 spiro atoms. The Labute approximate surface area is 108 Å². The van der Waals surface area contributed by atoms with E-state index in [4.69, 9.17) is 9.47 Å². The average Bonchev–Trinajstić information content (AvgIpc) is 3.22. The van der Waals surface area contributed by atoms with Crippen molar-refractivity contribution in [2.24, 2.45) is 5.92 Å². The fourth-order valence-electron chi connectivity index (χ4n) is 1.91. The second kappa shape index (κ2) is 4.42. The Morgan fingerprint density at radius 3 is 2.47 bits per heavy atom. The lowest BCUT2D eigenvalue weighted by Crippen LogP contribution is -2.18. The SMILES string of the molecule is O=C(Nc1cc2c(cc1[N+](=O)[O-])OCCO2)C1CC1. The van der Waals surface area contributed by atoms with Crippen molar-refractivity contribution in [2.45, 2.75) is 12.8 Å². The number of nitro groups is 1. The van der Waals surface area contributed by atoms with Crippen molar-refractivity contribution in [3.63, 3.8) is 0 Å². The van der Waals surface area contributed by atoms with E-state index >= 15 is 0 Å². The summed E-state index contributed by atoms with van der Waals surface area (Å²) in [6.07, 6.45) is 1.67. The zero-order valence-electron chi connectivity index (χ0n) is 10.0. The first-order valence-electron chi connectivity index (χ1n) is 6.04. The molecule has 1 N–H and O–H groups in total. The van der Waals surface area contributed by atoms with E-state index in [2.05, 4.69) is 5.32 Å². The topological polar surface area (TPSA) is 90.7 Å². The normalized spacial score (nSPS) is 16.8. The molecule has 7 nitrogen and oxygen atoms in total. The third-order valence-electron chi connectivity index (χ3n) is 3.06. The number of nitrogens with one attached hydrogen (secondary N) is 1. The number of ether oxygens (including phenoxy) is 2. The van der Waals surface area contributed by atoms with Gasteiger partial charge in [-0.3, -0.25) is 14.9 Å². The van der Waals surface area contributed by atoms with Gasteiger partial charge in [0.1, 0.15) is 18.9 Å². The Bertz CT molecular complexity index is 553. The second-order valence-electron chi connectivity index (χ2n) is 4.53. The zero-order chi connectivity index (χ0) is 13.4. The van der Waals surface area contributed by atoms with Gasteiger partial charge in [0.05, 0.1) is 11.0 Å². The van der Waals surface area contributed by atoms with E-state index < -0.39 is 4.92 Å². The third kappa shape index (κ3) is 2.31. The number of rotatable bonds is 3. The maximum Gasteiger partial charge on any atom is 0.296 e. The van der Waals surface area contributed by atoms with Crippen LogP contribution in [0.15, 0.2) is 12.1 Å². The van der Waals surface area contributed by atoms with E-state index in [1.165, 1.54) is 12.1 Å². The number of benzene rings is 1. The first-order valence-corrected chi connectivity index (χ1v) is 6.04. The standard InChI is InChI=1S/C12H12N2O5/c15-12(7-1-2-7)13-8-5-10-11(19-4-3-18-10)6-9(8)14(16)17/h5-7H,1-4H2,(H,13,15). The number of nitro benzene ring substituents is 1. The van der Waals surface area contributed by atoms with Crippen LogP contribution in [0, 0.1) is 16.0 Å². The van der Waals surface area contributed by atoms with Gasteiger partial charge >= 0.3 is 0 Å². The molecule has 1 heterocycles. The van der Waals surface area contributed by atoms with Crippen LogP contribution in [0.3, 0.4) is 0 Å². The minimum Gasteiger partial charge on any atom is -0.486 e. The van der Waals surface area contributed by atoms with Crippen molar-refractivity contribution in [3.05, 3.63) is 22.2 Å². The van der Waals surface area contributed by atoms with Gasteiger partial charge in [0.2, 0.25) is 5.91 Å². The highest BCUT2D eigenvalue weighted by Crippen LogP contribution is 2.40. The van der Waals surface area contributed by atoms with Crippen molar-refractivity contribution < 1.29 is 19.2 Å². The van der Waals surface area contributed by atoms with Crippen molar-refractivity contribution in [1.29, 1.82) is 0 Å². The zero-order valence-corrected chi connectivity index (χ0v) is 10.0. The number of anilines is 1. The van der Waals surface area contributed by atoms with Crippen molar-refractivity contribution >= 4 is 17.3 Å². The molecule has 1 saturated carbocycles. The van der Waals surface area contributed by atoms with Crippen LogP contribution in [0.5, 0.6) is 11.5 Å². The van der Waals surface area contributed by atoms with Gasteiger partial charge < -0.3 is 14.8 Å². The molecular weight excluding hydrogens is 252 g/mol. The van der Waals surface area contributed by atoms with E-state index in [0.717, 1.165) is 12.8 Å². The molecule has 100 valence electrons. The van der Waals surface area contributed by atoms with Gasteiger partial charge in [0, 0.05) is 12.0 Å². The molecule has 0 aromatic heterocycles. The number of carbonyl (C=O) groups is 1. The van der Waals surface area contributed by atoms with Gasteiger partial charge in [-0.25, -0.2) is 0 Å². The molecule has 0 bridgehead atoms. The van der Waals surface area contributed by atoms with Crippen LogP contribution in [0.2, 0.25) is 0 Å². The summed E-state index contributed by atoms with van der Waals surface area (Å²) < 4.78 is 10.6. The van der Waals surface area contributed by atoms with Crippen LogP contribution in [0.4, 0.5) is 11.4 Å². The van der Waals surface area contributed by atoms with E-state index in [0.29, 0.717) is 24.7 Å². The predicted molar refractivity (Wildman–Crippen MR) is 65.4 cm³/mol. The number of hydrogen-bond donors (Lipinski definition) is 1. The first kappa shape index (κ1) is 11.8. The Kier molecular flexibility index (Phi) is 2.73. The maximum absolute atomic E-state index is 11.7. The summed E-state index contributed by atoms with van der Waals surface area (Å²) in [5, 5.41) is 13.6. The monoisotopic (exact) mass is 264 g/mol. The predicted octanol–water partition coefficient (Wildman–Crippen LogP) is 1.71. The fraction of sp³-hybridized carbons (Fsp3) is 0.417. The smallest absolute Gasteiger partial charge is 0.296 e. The molecule has 1 aromatic rings. The number of hydrogen-bond acceptors (Lipinski definition) is 5. The van der Waals surface area contributed by atoms with Crippen LogP contribution in [-0.4, -0.2) is 24.0 Å². The summed E-state index contributed by atoms with van der Waals surface area (Å²) in [6, 6.07) is 2.74. The molecule has 1 aromatic carbocycles. The maximum atomic E-state index is 11.7. The fourth-order valence-corrected chi connectivity index (χ4v) is 1.91. The minimum atomic E-state index is -0.541. The summed E-state index contributed by atoms with van der Waals surface area (Å²) in [5.74, 6) is 0.554. The van der Waals surface area contributed by atoms with Gasteiger partial charge in [0.25, 0.3) is 5.69 Å². The Balaban J connectivity index is 1.95. The van der Waals surface area contributed by atoms with Crippen LogP contribution >= 0.6 is 0 Å². The van der Waals surface area contributed by atoms with Gasteiger partial charge in [0.15, 0.2) is 11.5 Å². The summed E-state index contributed by atoms with van der Waals surface area (Å²) >= 11 is 0. The minimum absolute atomic E-state index is 0.0206. The number of amides is 1. The highest BCUT2D eigenvalue weighted by Gasteiger charge is 2.32. The molecule has 0 radical (unpaired) electrons. The molecule has 0 unspecified atom stereocenters. The summed E-state index contributed by atoms with van der Waals surface area (Å²) in [4.78, 5) is 22.2. The Morgan fingerprint density at radius 1 is 1.26 bits per heavy atom. The van der Waals surface area contributed by atoms with Crippen LogP contribution in [0.25, 0.3) is 0 Å². The van der Waals surface area contributed by atoms with Crippen LogP contribution in [0.1, 0.15) is 12.8 Å². The van der Waals surface area contributed by atoms with E-state index in [9.17, 15) is 14.9 Å². The molecule has 2 aliphatic rings. The molecule has 0 atom stereocenters. The molecule has 7 heteroatoms. The molecule has 3 rings (SSSR count). The lowest BCUT2D eigenvalue weighted by atomic mass is 10.2. The summed E-state index contributed by atoms with van der Waals surface area (Å²) in [7, 11) is 0. The third-order valence-corrected chi connectivity index (χ3v) is 3.06. The molecule has 1 aliphatic heterocycles. The van der Waals surface area contributed by atoms with Crippen LogP contribution in [-0.2, 0) is 4.79 Å². The quantitative estimate of drug-likeness (QED) is 0.663. The molecule has 1 aliphatic carbocycles. The Morgan fingerprint density at radius 2 is 1.89 bits per heavy atom. The van der Waals surface area contributed by atoms with E-state index in [1.54, 1.807) is 0 Å². The lowest BCUT2D eigenvalue weighted by Gasteiger charge is -2.19. The summed E-state index contributed by atoms with van der Waals surface area (Å²) in [6.45, 7) is 0.749. The molecule has 19 heavy (non-hydrogen) atoms. The van der Waals surface area contributed by atoms with E-state index in [-0.39, 0.29) is 23.2 Å². The number of carbonyl (C=O) groups excluding carboxylic acids is 1. The highest BCUT2D eigenvalue weighted by molar-refractivity contribution is 5.96. The van der Waals surface area contributed by atoms with Crippen LogP contribution < -0.4 is 14.8 Å². The number of fused-ring (bicyclic) bond motifs is 1. The van der Waals surface area contributed by atoms with Crippen molar-refractivity contribution in [3.8, 4) is 11.5 Å². The lowest BCUT2D eigenvalue weighted by molar-refractivity contribution is -0.384. The average molecular weight is 264 g/mol. The van der Waals surface area contributed by atoms with Gasteiger partial charge in [-0.15, -0.1) is 0 Å². The van der Waals surface area contributed by atoms with Gasteiger partial charge in [-0.2, -0.15) is 0 Å². The number of nitrogens with zero attached hydrogens (tertiary/aromatic N) is 1. The summed E-state index contributed by atoms with van der Waals surface area (Å²) in [5.41, 5.74) is -0.0237. The largest absolute Gasteiger partial charge is 0.486 e. The molecular formula is C12H12N2O5. The highest BCUT2D eigenvalue weighted by atomic mass is 16.6. The second-order valence-corrected chi connectivity index (χ2v) is 4.53. The molecule has 0 saturated heterocycles. The van der Waals surface area contributed by atoms with Gasteiger partial charge in [-0.1, -0.05) is 0 Å². The van der Waals surface area contributed by atoms with Crippen molar-refractivity contribution in [1.82, 2.24) is 0 Å². The Hall–Kier alpha value is -2.31. The van der Waals surface area contributed by atoms with Crippen molar-refractivity contribution in [2.75, 3.05) is 18.5 Å². The van der Waals surface area contributed by atoms with E-state index in [1.807, 2.05) is 0 Å². The molecule has 1 fully saturated rings. The van der Waals surface area contributed by atoms with Gasteiger partial charge in [-0.05, 0) is 12.8 Å².